The van der Waals surface area contributed by atoms with Crippen LogP contribution in [0.1, 0.15) is 32.2 Å². The number of sulfone groups is 1. The van der Waals surface area contributed by atoms with Crippen molar-refractivity contribution in [3.8, 4) is 0 Å². The fourth-order valence-corrected chi connectivity index (χ4v) is 2.61. The van der Waals surface area contributed by atoms with Crippen molar-refractivity contribution in [1.82, 2.24) is 10.5 Å². The Hall–Kier alpha value is -1.37. The molecule has 1 atom stereocenters. The van der Waals surface area contributed by atoms with Gasteiger partial charge in [0.15, 0.2) is 15.6 Å². The van der Waals surface area contributed by atoms with Crippen LogP contribution < -0.4 is 5.32 Å². The van der Waals surface area contributed by atoms with Crippen molar-refractivity contribution in [2.75, 3.05) is 6.54 Å². The number of carbonyl (C=O) groups is 1. The minimum Gasteiger partial charge on any atom is -0.360 e. The van der Waals surface area contributed by atoms with Crippen molar-refractivity contribution in [2.24, 2.45) is 5.92 Å². The van der Waals surface area contributed by atoms with Gasteiger partial charge in [-0.25, -0.2) is 8.42 Å². The monoisotopic (exact) mass is 288 g/mol. The molecule has 0 aliphatic carbocycles. The summed E-state index contributed by atoms with van der Waals surface area (Å²) < 4.78 is 29.0. The predicted molar refractivity (Wildman–Crippen MR) is 71.2 cm³/mol. The van der Waals surface area contributed by atoms with E-state index in [1.807, 2.05) is 13.8 Å². The molecule has 1 heterocycles. The largest absolute Gasteiger partial charge is 0.360 e. The van der Waals surface area contributed by atoms with E-state index in [2.05, 4.69) is 10.5 Å². The molecule has 7 heteroatoms. The predicted octanol–water partition coefficient (Wildman–Crippen LogP) is 1.06. The van der Waals surface area contributed by atoms with E-state index in [0.717, 1.165) is 0 Å². The number of nitrogens with zero attached hydrogens (tertiary/aromatic N) is 1. The van der Waals surface area contributed by atoms with Crippen molar-refractivity contribution in [2.45, 2.75) is 38.7 Å². The molecule has 1 aromatic heterocycles. The van der Waals surface area contributed by atoms with Gasteiger partial charge in [-0.3, -0.25) is 4.79 Å². The molecule has 0 aromatic carbocycles. The molecule has 1 rings (SSSR count). The maximum absolute atomic E-state index is 12.0. The molecular formula is C12H20N2O4S. The first kappa shape index (κ1) is 15.7. The molecule has 1 aromatic rings. The zero-order chi connectivity index (χ0) is 14.6. The molecular weight excluding hydrogens is 268 g/mol. The van der Waals surface area contributed by atoms with Gasteiger partial charge in [0.25, 0.3) is 0 Å². The van der Waals surface area contributed by atoms with Crippen LogP contribution in [0.4, 0.5) is 0 Å². The van der Waals surface area contributed by atoms with E-state index in [-0.39, 0.29) is 17.4 Å². The smallest absolute Gasteiger partial charge is 0.238 e. The van der Waals surface area contributed by atoms with Crippen LogP contribution in [-0.2, 0) is 20.4 Å². The van der Waals surface area contributed by atoms with E-state index < -0.39 is 21.0 Å². The number of hydrogen-bond acceptors (Lipinski definition) is 5. The second kappa shape index (κ2) is 6.18. The van der Waals surface area contributed by atoms with Crippen LogP contribution in [0.5, 0.6) is 0 Å². The van der Waals surface area contributed by atoms with Crippen LogP contribution >= 0.6 is 0 Å². The number of aryl methyl sites for hydroxylation is 1. The molecule has 0 aliphatic heterocycles. The van der Waals surface area contributed by atoms with Crippen molar-refractivity contribution in [3.05, 3.63) is 17.5 Å². The fourth-order valence-electron chi connectivity index (χ4n) is 1.42. The molecule has 0 saturated heterocycles. The highest BCUT2D eigenvalue weighted by molar-refractivity contribution is 7.92. The molecule has 19 heavy (non-hydrogen) atoms. The van der Waals surface area contributed by atoms with Crippen LogP contribution in [0.25, 0.3) is 0 Å². The van der Waals surface area contributed by atoms with Crippen LogP contribution in [0.3, 0.4) is 0 Å². The lowest BCUT2D eigenvalue weighted by Crippen LogP contribution is -2.39. The topological polar surface area (TPSA) is 89.3 Å². The zero-order valence-electron chi connectivity index (χ0n) is 11.6. The van der Waals surface area contributed by atoms with Gasteiger partial charge in [0, 0.05) is 12.6 Å². The Morgan fingerprint density at radius 3 is 2.53 bits per heavy atom. The van der Waals surface area contributed by atoms with Gasteiger partial charge < -0.3 is 9.84 Å². The number of amides is 1. The summed E-state index contributed by atoms with van der Waals surface area (Å²) in [5.74, 6) is -0.272. The van der Waals surface area contributed by atoms with Gasteiger partial charge in [0.1, 0.15) is 11.0 Å². The second-order valence-corrected chi connectivity index (χ2v) is 7.34. The molecule has 0 radical (unpaired) electrons. The number of rotatable bonds is 6. The van der Waals surface area contributed by atoms with Gasteiger partial charge in [-0.1, -0.05) is 19.0 Å². The van der Waals surface area contributed by atoms with Gasteiger partial charge in [-0.05, 0) is 19.8 Å². The van der Waals surface area contributed by atoms with E-state index >= 15 is 0 Å². The van der Waals surface area contributed by atoms with Crippen molar-refractivity contribution in [1.29, 1.82) is 0 Å². The maximum Gasteiger partial charge on any atom is 0.238 e. The molecule has 0 fully saturated rings. The van der Waals surface area contributed by atoms with Crippen molar-refractivity contribution >= 4 is 15.7 Å². The average Bonchev–Trinajstić information content (AvgIpc) is 2.69. The second-order valence-electron chi connectivity index (χ2n) is 5.02. The molecule has 0 aliphatic rings. The molecule has 108 valence electrons. The Morgan fingerprint density at radius 1 is 1.42 bits per heavy atom. The third-order valence-corrected chi connectivity index (χ3v) is 4.59. The van der Waals surface area contributed by atoms with Crippen LogP contribution in [-0.4, -0.2) is 31.3 Å². The highest BCUT2D eigenvalue weighted by Gasteiger charge is 2.29. The van der Waals surface area contributed by atoms with E-state index in [0.29, 0.717) is 12.2 Å². The summed E-state index contributed by atoms with van der Waals surface area (Å²) in [5, 5.41) is 5.14. The van der Waals surface area contributed by atoms with Crippen LogP contribution in [0.15, 0.2) is 10.6 Å². The molecule has 0 bridgehead atoms. The Labute approximate surface area is 113 Å². The third-order valence-electron chi connectivity index (χ3n) is 2.61. The normalized spacial score (nSPS) is 13.5. The molecule has 0 spiro atoms. The number of hydrogen-bond donors (Lipinski definition) is 1. The lowest BCUT2D eigenvalue weighted by molar-refractivity contribution is -0.120. The fraction of sp³-hybridized carbons (Fsp3) is 0.667. The summed E-state index contributed by atoms with van der Waals surface area (Å²) in [4.78, 5) is 11.8. The maximum atomic E-state index is 12.0. The van der Waals surface area contributed by atoms with Gasteiger partial charge in [0.2, 0.25) is 5.91 Å². The lowest BCUT2D eigenvalue weighted by atomic mass is 10.2. The average molecular weight is 288 g/mol. The minimum absolute atomic E-state index is 0.251. The van der Waals surface area contributed by atoms with E-state index in [4.69, 9.17) is 4.52 Å². The van der Waals surface area contributed by atoms with Gasteiger partial charge in [-0.2, -0.15) is 0 Å². The van der Waals surface area contributed by atoms with E-state index in [9.17, 15) is 13.2 Å². The van der Waals surface area contributed by atoms with E-state index in [1.165, 1.54) is 6.92 Å². The summed E-state index contributed by atoms with van der Waals surface area (Å²) in [6.07, 6.45) is 0. The summed E-state index contributed by atoms with van der Waals surface area (Å²) in [6, 6.07) is 1.55. The van der Waals surface area contributed by atoms with E-state index in [1.54, 1.807) is 13.0 Å². The molecule has 1 N–H and O–H groups in total. The first-order chi connectivity index (χ1) is 8.72. The first-order valence-electron chi connectivity index (χ1n) is 6.14. The van der Waals surface area contributed by atoms with Crippen molar-refractivity contribution < 1.29 is 17.7 Å². The summed E-state index contributed by atoms with van der Waals surface area (Å²) in [5.41, 5.74) is 0.613. The highest BCUT2D eigenvalue weighted by atomic mass is 32.2. The SMILES string of the molecule is Cc1cc(CS(=O)(=O)[C@@H](C)C(=O)NCC(C)C)on1. The van der Waals surface area contributed by atoms with Gasteiger partial charge in [0.05, 0.1) is 5.69 Å². The van der Waals surface area contributed by atoms with Gasteiger partial charge in [-0.15, -0.1) is 0 Å². The first-order valence-corrected chi connectivity index (χ1v) is 7.85. The quantitative estimate of drug-likeness (QED) is 0.845. The van der Waals surface area contributed by atoms with Crippen LogP contribution in [0.2, 0.25) is 0 Å². The molecule has 0 saturated carbocycles. The van der Waals surface area contributed by atoms with Crippen molar-refractivity contribution in [3.63, 3.8) is 0 Å². The number of aromatic nitrogens is 1. The number of nitrogens with one attached hydrogen (secondary N) is 1. The minimum atomic E-state index is -3.59. The molecule has 0 unspecified atom stereocenters. The summed E-state index contributed by atoms with van der Waals surface area (Å²) in [6.45, 7) is 7.43. The summed E-state index contributed by atoms with van der Waals surface area (Å²) in [7, 11) is -3.59. The Balaban J connectivity index is 2.68. The third kappa shape index (κ3) is 4.66. The summed E-state index contributed by atoms with van der Waals surface area (Å²) >= 11 is 0. The zero-order valence-corrected chi connectivity index (χ0v) is 12.5. The lowest BCUT2D eigenvalue weighted by Gasteiger charge is -2.13. The Morgan fingerprint density at radius 2 is 2.05 bits per heavy atom. The molecule has 6 nitrogen and oxygen atoms in total. The van der Waals surface area contributed by atoms with Crippen LogP contribution in [0, 0.1) is 12.8 Å². The Bertz CT molecular complexity index is 534. The van der Waals surface area contributed by atoms with Gasteiger partial charge >= 0.3 is 0 Å². The number of carbonyl (C=O) groups excluding carboxylic acids is 1. The standard InChI is InChI=1S/C12H20N2O4S/c1-8(2)6-13-12(15)10(4)19(16,17)7-11-5-9(3)14-18-11/h5,8,10H,6-7H2,1-4H3,(H,13,15)/t10-/m0/s1. The highest BCUT2D eigenvalue weighted by Crippen LogP contribution is 2.12. The molecule has 1 amide bonds. The Kier molecular flexibility index (Phi) is 5.11.